The van der Waals surface area contributed by atoms with Crippen molar-refractivity contribution >= 4 is 29.1 Å². The molecule has 0 aliphatic heterocycles. The quantitative estimate of drug-likeness (QED) is 0.888. The Labute approximate surface area is 122 Å². The predicted molar refractivity (Wildman–Crippen MR) is 78.8 cm³/mol. The molecule has 1 unspecified atom stereocenters. The van der Waals surface area contributed by atoms with Crippen LogP contribution in [0.25, 0.3) is 0 Å². The maximum absolute atomic E-state index is 12.1. The van der Waals surface area contributed by atoms with E-state index in [2.05, 4.69) is 5.32 Å². The zero-order valence-electron chi connectivity index (χ0n) is 10.4. The maximum Gasteiger partial charge on any atom is 0.253 e. The number of benzene rings is 2. The van der Waals surface area contributed by atoms with Crippen LogP contribution in [0.3, 0.4) is 0 Å². The number of carbonyl (C=O) groups excluding carboxylic acids is 1. The summed E-state index contributed by atoms with van der Waals surface area (Å²) in [6, 6.07) is 14.7. The van der Waals surface area contributed by atoms with Crippen LogP contribution >= 0.6 is 23.2 Å². The third-order valence-electron chi connectivity index (χ3n) is 2.84. The Kier molecular flexibility index (Phi) is 4.46. The van der Waals surface area contributed by atoms with Gasteiger partial charge in [-0.1, -0.05) is 59.6 Å². The van der Waals surface area contributed by atoms with Crippen LogP contribution in [-0.2, 0) is 0 Å². The van der Waals surface area contributed by atoms with Crippen molar-refractivity contribution < 1.29 is 4.79 Å². The van der Waals surface area contributed by atoms with Gasteiger partial charge in [-0.25, -0.2) is 0 Å². The van der Waals surface area contributed by atoms with Crippen LogP contribution in [0.15, 0.2) is 48.5 Å². The summed E-state index contributed by atoms with van der Waals surface area (Å²) in [7, 11) is 0. The molecule has 0 fully saturated rings. The van der Waals surface area contributed by atoms with Crippen molar-refractivity contribution in [3.8, 4) is 0 Å². The summed E-state index contributed by atoms with van der Waals surface area (Å²) in [5.74, 6) is -0.233. The molecule has 0 aliphatic carbocycles. The summed E-state index contributed by atoms with van der Waals surface area (Å²) in [6.07, 6.45) is 0. The van der Waals surface area contributed by atoms with Gasteiger partial charge in [0.25, 0.3) is 5.91 Å². The molecule has 19 heavy (non-hydrogen) atoms. The van der Waals surface area contributed by atoms with E-state index < -0.39 is 0 Å². The number of hydrogen-bond donors (Lipinski definition) is 1. The number of carbonyl (C=O) groups is 1. The summed E-state index contributed by atoms with van der Waals surface area (Å²) in [6.45, 7) is 1.92. The highest BCUT2D eigenvalue weighted by Crippen LogP contribution is 2.26. The van der Waals surface area contributed by atoms with E-state index in [9.17, 15) is 4.79 Å². The van der Waals surface area contributed by atoms with E-state index in [1.165, 1.54) is 0 Å². The molecular weight excluding hydrogens is 281 g/mol. The number of amides is 1. The molecule has 2 aromatic rings. The van der Waals surface area contributed by atoms with Crippen LogP contribution in [0.2, 0.25) is 10.0 Å². The van der Waals surface area contributed by atoms with Crippen molar-refractivity contribution in [1.82, 2.24) is 5.32 Å². The summed E-state index contributed by atoms with van der Waals surface area (Å²) in [5, 5.41) is 3.55. The second-order valence-corrected chi connectivity index (χ2v) is 4.99. The Bertz CT molecular complexity index is 584. The first-order chi connectivity index (χ1) is 9.09. The van der Waals surface area contributed by atoms with Crippen LogP contribution in [0.5, 0.6) is 0 Å². The van der Waals surface area contributed by atoms with Gasteiger partial charge in [0.2, 0.25) is 0 Å². The third-order valence-corrected chi connectivity index (χ3v) is 3.66. The van der Waals surface area contributed by atoms with Gasteiger partial charge < -0.3 is 5.32 Å². The van der Waals surface area contributed by atoms with Crippen molar-refractivity contribution in [3.63, 3.8) is 0 Å². The third kappa shape index (κ3) is 3.28. The first-order valence-corrected chi connectivity index (χ1v) is 6.65. The maximum atomic E-state index is 12.1. The van der Waals surface area contributed by atoms with Gasteiger partial charge in [0.15, 0.2) is 0 Å². The lowest BCUT2D eigenvalue weighted by Gasteiger charge is -2.15. The summed E-state index contributed by atoms with van der Waals surface area (Å²) < 4.78 is 0. The second kappa shape index (κ2) is 6.09. The van der Waals surface area contributed by atoms with Gasteiger partial charge in [0, 0.05) is 0 Å². The molecule has 0 heterocycles. The predicted octanol–water partition coefficient (Wildman–Crippen LogP) is 4.48. The van der Waals surface area contributed by atoms with Gasteiger partial charge in [0.1, 0.15) is 0 Å². The van der Waals surface area contributed by atoms with E-state index >= 15 is 0 Å². The lowest BCUT2D eigenvalue weighted by Crippen LogP contribution is -2.26. The number of halogens is 2. The fourth-order valence-corrected chi connectivity index (χ4v) is 2.16. The highest BCUT2D eigenvalue weighted by Gasteiger charge is 2.15. The lowest BCUT2D eigenvalue weighted by molar-refractivity contribution is 0.0940. The summed E-state index contributed by atoms with van der Waals surface area (Å²) in [5.41, 5.74) is 1.42. The molecule has 2 rings (SSSR count). The molecule has 4 heteroatoms. The molecule has 1 atom stereocenters. The first kappa shape index (κ1) is 13.9. The number of hydrogen-bond acceptors (Lipinski definition) is 1. The Morgan fingerprint density at radius 1 is 1.05 bits per heavy atom. The van der Waals surface area contributed by atoms with Crippen LogP contribution in [0.4, 0.5) is 0 Å². The molecule has 1 N–H and O–H groups in total. The van der Waals surface area contributed by atoms with E-state index in [1.54, 1.807) is 18.2 Å². The minimum absolute atomic E-state index is 0.0938. The molecule has 0 bridgehead atoms. The van der Waals surface area contributed by atoms with Crippen LogP contribution in [0.1, 0.15) is 28.9 Å². The second-order valence-electron chi connectivity index (χ2n) is 4.21. The van der Waals surface area contributed by atoms with Gasteiger partial charge in [-0.2, -0.15) is 0 Å². The fraction of sp³-hybridized carbons (Fsp3) is 0.133. The van der Waals surface area contributed by atoms with Gasteiger partial charge in [-0.05, 0) is 24.6 Å². The number of rotatable bonds is 3. The molecule has 0 saturated carbocycles. The standard InChI is InChI=1S/C15H13Cl2NO/c1-10(11-6-3-2-4-7-11)18-15(19)12-8-5-9-13(16)14(12)17/h2-10H,1H3,(H,18,19). The summed E-state index contributed by atoms with van der Waals surface area (Å²) >= 11 is 11.9. The minimum atomic E-state index is -0.233. The van der Waals surface area contributed by atoms with Gasteiger partial charge in [-0.3, -0.25) is 4.79 Å². The largest absolute Gasteiger partial charge is 0.345 e. The molecule has 0 aliphatic rings. The molecule has 98 valence electrons. The number of nitrogens with one attached hydrogen (secondary N) is 1. The molecule has 2 aromatic carbocycles. The minimum Gasteiger partial charge on any atom is -0.345 e. The average Bonchev–Trinajstić information content (AvgIpc) is 2.42. The van der Waals surface area contributed by atoms with Crippen molar-refractivity contribution in [2.75, 3.05) is 0 Å². The monoisotopic (exact) mass is 293 g/mol. The smallest absolute Gasteiger partial charge is 0.253 e. The molecule has 0 saturated heterocycles. The van der Waals surface area contributed by atoms with Crippen LogP contribution < -0.4 is 5.32 Å². The van der Waals surface area contributed by atoms with E-state index in [0.717, 1.165) is 5.56 Å². The van der Waals surface area contributed by atoms with Crippen LogP contribution in [0, 0.1) is 0 Å². The van der Waals surface area contributed by atoms with Crippen molar-refractivity contribution in [2.45, 2.75) is 13.0 Å². The molecule has 0 spiro atoms. The molecule has 0 radical (unpaired) electrons. The Balaban J connectivity index is 2.16. The zero-order chi connectivity index (χ0) is 13.8. The van der Waals surface area contributed by atoms with Crippen LogP contribution in [-0.4, -0.2) is 5.91 Å². The highest BCUT2D eigenvalue weighted by molar-refractivity contribution is 6.43. The molecular formula is C15H13Cl2NO. The van der Waals surface area contributed by atoms with E-state index in [1.807, 2.05) is 37.3 Å². The average molecular weight is 294 g/mol. The Hall–Kier alpha value is -1.51. The topological polar surface area (TPSA) is 29.1 Å². The van der Waals surface area contributed by atoms with Gasteiger partial charge in [0.05, 0.1) is 21.7 Å². The normalized spacial score (nSPS) is 11.9. The molecule has 0 aromatic heterocycles. The van der Waals surface area contributed by atoms with Crippen molar-refractivity contribution in [3.05, 3.63) is 69.7 Å². The summed E-state index contributed by atoms with van der Waals surface area (Å²) in [4.78, 5) is 12.1. The molecule has 2 nitrogen and oxygen atoms in total. The highest BCUT2D eigenvalue weighted by atomic mass is 35.5. The first-order valence-electron chi connectivity index (χ1n) is 5.89. The van der Waals surface area contributed by atoms with E-state index in [4.69, 9.17) is 23.2 Å². The van der Waals surface area contributed by atoms with Gasteiger partial charge in [-0.15, -0.1) is 0 Å². The fourth-order valence-electron chi connectivity index (χ4n) is 1.78. The zero-order valence-corrected chi connectivity index (χ0v) is 11.9. The van der Waals surface area contributed by atoms with Gasteiger partial charge >= 0.3 is 0 Å². The van der Waals surface area contributed by atoms with E-state index in [-0.39, 0.29) is 17.0 Å². The molecule has 1 amide bonds. The lowest BCUT2D eigenvalue weighted by atomic mass is 10.1. The van der Waals surface area contributed by atoms with Crippen molar-refractivity contribution in [2.24, 2.45) is 0 Å². The Morgan fingerprint density at radius 3 is 2.42 bits per heavy atom. The van der Waals surface area contributed by atoms with Crippen molar-refractivity contribution in [1.29, 1.82) is 0 Å². The Morgan fingerprint density at radius 2 is 1.74 bits per heavy atom. The SMILES string of the molecule is CC(NC(=O)c1cccc(Cl)c1Cl)c1ccccc1. The van der Waals surface area contributed by atoms with E-state index in [0.29, 0.717) is 10.6 Å².